The molecule has 110 valence electrons. The SMILES string of the molecule is c1ccc2c(CNC3CCN4CCCCC34)cccc2c1. The Labute approximate surface area is 127 Å². The molecule has 2 aliphatic rings. The third-order valence-corrected chi connectivity index (χ3v) is 5.29. The van der Waals surface area contributed by atoms with Crippen LogP contribution < -0.4 is 5.32 Å². The number of nitrogens with zero attached hydrogens (tertiary/aromatic N) is 1. The van der Waals surface area contributed by atoms with Crippen LogP contribution in [0.3, 0.4) is 0 Å². The molecule has 0 radical (unpaired) electrons. The molecule has 4 rings (SSSR count). The molecule has 0 aromatic heterocycles. The molecule has 2 atom stereocenters. The van der Waals surface area contributed by atoms with Crippen molar-refractivity contribution in [3.8, 4) is 0 Å². The van der Waals surface area contributed by atoms with E-state index in [0.29, 0.717) is 6.04 Å². The molecule has 0 amide bonds. The second kappa shape index (κ2) is 5.78. The van der Waals surface area contributed by atoms with Gasteiger partial charge >= 0.3 is 0 Å². The Morgan fingerprint density at radius 3 is 2.86 bits per heavy atom. The zero-order valence-electron chi connectivity index (χ0n) is 12.6. The predicted octanol–water partition coefficient (Wildman–Crippen LogP) is 3.56. The van der Waals surface area contributed by atoms with E-state index < -0.39 is 0 Å². The van der Waals surface area contributed by atoms with Gasteiger partial charge in [-0.25, -0.2) is 0 Å². The molecule has 2 heterocycles. The lowest BCUT2D eigenvalue weighted by atomic mass is 9.98. The molecule has 2 nitrogen and oxygen atoms in total. The summed E-state index contributed by atoms with van der Waals surface area (Å²) in [6, 6.07) is 16.8. The minimum absolute atomic E-state index is 0.685. The topological polar surface area (TPSA) is 15.3 Å². The van der Waals surface area contributed by atoms with Gasteiger partial charge in [0.15, 0.2) is 0 Å². The minimum Gasteiger partial charge on any atom is -0.308 e. The molecule has 2 heteroatoms. The van der Waals surface area contributed by atoms with Crippen LogP contribution in [0.4, 0.5) is 0 Å². The summed E-state index contributed by atoms with van der Waals surface area (Å²) in [6.45, 7) is 3.60. The number of benzene rings is 2. The summed E-state index contributed by atoms with van der Waals surface area (Å²) in [6.07, 6.45) is 5.50. The maximum atomic E-state index is 3.85. The van der Waals surface area contributed by atoms with Crippen molar-refractivity contribution < 1.29 is 0 Å². The molecule has 2 aromatic carbocycles. The van der Waals surface area contributed by atoms with E-state index in [1.807, 2.05) is 0 Å². The van der Waals surface area contributed by atoms with Gasteiger partial charge in [-0.2, -0.15) is 0 Å². The number of rotatable bonds is 3. The van der Waals surface area contributed by atoms with Gasteiger partial charge < -0.3 is 5.32 Å². The van der Waals surface area contributed by atoms with Gasteiger partial charge in [-0.05, 0) is 42.1 Å². The molecular formula is C19H24N2. The van der Waals surface area contributed by atoms with E-state index in [0.717, 1.165) is 12.6 Å². The van der Waals surface area contributed by atoms with Crippen molar-refractivity contribution >= 4 is 10.8 Å². The molecule has 2 unspecified atom stereocenters. The van der Waals surface area contributed by atoms with Crippen LogP contribution in [0.25, 0.3) is 10.8 Å². The van der Waals surface area contributed by atoms with E-state index in [9.17, 15) is 0 Å². The van der Waals surface area contributed by atoms with Gasteiger partial charge in [0.1, 0.15) is 0 Å². The quantitative estimate of drug-likeness (QED) is 0.925. The molecule has 2 aliphatic heterocycles. The van der Waals surface area contributed by atoms with E-state index in [1.165, 1.54) is 55.1 Å². The van der Waals surface area contributed by atoms with Crippen LogP contribution in [-0.2, 0) is 6.54 Å². The van der Waals surface area contributed by atoms with Gasteiger partial charge in [-0.1, -0.05) is 48.9 Å². The summed E-state index contributed by atoms with van der Waals surface area (Å²) in [4.78, 5) is 2.70. The smallest absolute Gasteiger partial charge is 0.0249 e. The Morgan fingerprint density at radius 2 is 1.86 bits per heavy atom. The summed E-state index contributed by atoms with van der Waals surface area (Å²) in [5.41, 5.74) is 1.43. The number of nitrogens with one attached hydrogen (secondary N) is 1. The third-order valence-electron chi connectivity index (χ3n) is 5.29. The fourth-order valence-corrected chi connectivity index (χ4v) is 4.17. The normalized spacial score (nSPS) is 26.1. The highest BCUT2D eigenvalue weighted by Gasteiger charge is 2.34. The first-order chi connectivity index (χ1) is 10.4. The van der Waals surface area contributed by atoms with E-state index in [-0.39, 0.29) is 0 Å². The third kappa shape index (κ3) is 2.58. The molecule has 2 aromatic rings. The van der Waals surface area contributed by atoms with Crippen molar-refractivity contribution in [2.24, 2.45) is 0 Å². The molecular weight excluding hydrogens is 256 g/mol. The Balaban J connectivity index is 1.49. The van der Waals surface area contributed by atoms with Crippen LogP contribution in [-0.4, -0.2) is 30.1 Å². The highest BCUT2D eigenvalue weighted by atomic mass is 15.2. The molecule has 0 spiro atoms. The van der Waals surface area contributed by atoms with Gasteiger partial charge in [0, 0.05) is 25.2 Å². The second-order valence-electron chi connectivity index (χ2n) is 6.51. The number of piperidine rings is 1. The van der Waals surface area contributed by atoms with E-state index in [4.69, 9.17) is 0 Å². The first-order valence-electron chi connectivity index (χ1n) is 8.36. The first kappa shape index (κ1) is 13.3. The molecule has 2 saturated heterocycles. The predicted molar refractivity (Wildman–Crippen MR) is 88.4 cm³/mol. The van der Waals surface area contributed by atoms with Crippen LogP contribution >= 0.6 is 0 Å². The number of hydrogen-bond acceptors (Lipinski definition) is 2. The molecule has 21 heavy (non-hydrogen) atoms. The van der Waals surface area contributed by atoms with Crippen molar-refractivity contribution in [2.45, 2.75) is 44.3 Å². The average molecular weight is 280 g/mol. The summed E-state index contributed by atoms with van der Waals surface area (Å²) >= 11 is 0. The van der Waals surface area contributed by atoms with Crippen molar-refractivity contribution in [3.63, 3.8) is 0 Å². The van der Waals surface area contributed by atoms with Crippen LogP contribution in [0.1, 0.15) is 31.2 Å². The van der Waals surface area contributed by atoms with Crippen LogP contribution in [0, 0.1) is 0 Å². The largest absolute Gasteiger partial charge is 0.308 e. The zero-order valence-corrected chi connectivity index (χ0v) is 12.6. The van der Waals surface area contributed by atoms with Crippen molar-refractivity contribution in [1.29, 1.82) is 0 Å². The standard InChI is InChI=1S/C19H24N2/c1-2-9-17-15(6-1)7-5-8-16(17)14-20-18-11-13-21-12-4-3-10-19(18)21/h1-2,5-9,18-20H,3-4,10-14H2. The summed E-state index contributed by atoms with van der Waals surface area (Å²) in [5, 5.41) is 6.59. The fourth-order valence-electron chi connectivity index (χ4n) is 4.17. The second-order valence-corrected chi connectivity index (χ2v) is 6.51. The van der Waals surface area contributed by atoms with Crippen LogP contribution in [0.15, 0.2) is 42.5 Å². The Hall–Kier alpha value is -1.38. The Bertz CT molecular complexity index is 616. The number of hydrogen-bond donors (Lipinski definition) is 1. The lowest BCUT2D eigenvalue weighted by Crippen LogP contribution is -2.44. The van der Waals surface area contributed by atoms with Gasteiger partial charge in [0.05, 0.1) is 0 Å². The van der Waals surface area contributed by atoms with Crippen LogP contribution in [0.2, 0.25) is 0 Å². The van der Waals surface area contributed by atoms with Gasteiger partial charge in [0.25, 0.3) is 0 Å². The van der Waals surface area contributed by atoms with Crippen molar-refractivity contribution in [1.82, 2.24) is 10.2 Å². The molecule has 0 bridgehead atoms. The van der Waals surface area contributed by atoms with Crippen LogP contribution in [0.5, 0.6) is 0 Å². The monoisotopic (exact) mass is 280 g/mol. The fraction of sp³-hybridized carbons (Fsp3) is 0.474. The lowest BCUT2D eigenvalue weighted by molar-refractivity contribution is 0.180. The highest BCUT2D eigenvalue weighted by molar-refractivity contribution is 5.85. The minimum atomic E-state index is 0.685. The maximum absolute atomic E-state index is 3.85. The summed E-state index contributed by atoms with van der Waals surface area (Å²) in [5.74, 6) is 0. The molecule has 1 N–H and O–H groups in total. The van der Waals surface area contributed by atoms with Crippen molar-refractivity contribution in [2.75, 3.05) is 13.1 Å². The van der Waals surface area contributed by atoms with E-state index in [1.54, 1.807) is 0 Å². The summed E-state index contributed by atoms with van der Waals surface area (Å²) in [7, 11) is 0. The van der Waals surface area contributed by atoms with Gasteiger partial charge in [0.2, 0.25) is 0 Å². The van der Waals surface area contributed by atoms with E-state index >= 15 is 0 Å². The van der Waals surface area contributed by atoms with Crippen molar-refractivity contribution in [3.05, 3.63) is 48.0 Å². The Kier molecular flexibility index (Phi) is 3.66. The van der Waals surface area contributed by atoms with Gasteiger partial charge in [-0.15, -0.1) is 0 Å². The molecule has 0 saturated carbocycles. The number of fused-ring (bicyclic) bond motifs is 2. The van der Waals surface area contributed by atoms with Gasteiger partial charge in [-0.3, -0.25) is 4.90 Å². The summed E-state index contributed by atoms with van der Waals surface area (Å²) < 4.78 is 0. The Morgan fingerprint density at radius 1 is 0.952 bits per heavy atom. The maximum Gasteiger partial charge on any atom is 0.0249 e. The molecule has 0 aliphatic carbocycles. The zero-order chi connectivity index (χ0) is 14.1. The lowest BCUT2D eigenvalue weighted by Gasteiger charge is -2.32. The highest BCUT2D eigenvalue weighted by Crippen LogP contribution is 2.27. The average Bonchev–Trinajstić information content (AvgIpc) is 2.96. The molecule has 2 fully saturated rings. The first-order valence-corrected chi connectivity index (χ1v) is 8.36. The van der Waals surface area contributed by atoms with E-state index in [2.05, 4.69) is 52.7 Å².